The van der Waals surface area contributed by atoms with Crippen LogP contribution < -0.4 is 5.32 Å². The highest BCUT2D eigenvalue weighted by Crippen LogP contribution is 2.27. The van der Waals surface area contributed by atoms with Crippen LogP contribution >= 0.6 is 0 Å². The number of aryl methyl sites for hydroxylation is 1. The molecule has 1 saturated heterocycles. The van der Waals surface area contributed by atoms with Gasteiger partial charge in [0, 0.05) is 30.9 Å². The Labute approximate surface area is 94.2 Å². The van der Waals surface area contributed by atoms with Gasteiger partial charge in [0.15, 0.2) is 0 Å². The van der Waals surface area contributed by atoms with Gasteiger partial charge in [0.05, 0.1) is 13.0 Å². The van der Waals surface area contributed by atoms with Crippen LogP contribution in [0.25, 0.3) is 0 Å². The molecule has 1 aliphatic rings. The minimum absolute atomic E-state index is 0.0918. The van der Waals surface area contributed by atoms with Gasteiger partial charge >= 0.3 is 5.97 Å². The standard InChI is InChI=1S/C11H15N3O2/c1-7-13-4-3-10(14-7)8-5-12-6-9(8)11(15)16-2/h3-4,8-9,12H,5-6H2,1-2H3. The monoisotopic (exact) mass is 221 g/mol. The van der Waals surface area contributed by atoms with Gasteiger partial charge in [0.2, 0.25) is 0 Å². The molecule has 1 aromatic heterocycles. The summed E-state index contributed by atoms with van der Waals surface area (Å²) in [6, 6.07) is 1.86. The van der Waals surface area contributed by atoms with Gasteiger partial charge in [-0.2, -0.15) is 0 Å². The van der Waals surface area contributed by atoms with E-state index in [2.05, 4.69) is 15.3 Å². The zero-order chi connectivity index (χ0) is 11.5. The van der Waals surface area contributed by atoms with Crippen molar-refractivity contribution < 1.29 is 9.53 Å². The lowest BCUT2D eigenvalue weighted by Crippen LogP contribution is -2.23. The van der Waals surface area contributed by atoms with E-state index in [4.69, 9.17) is 4.74 Å². The molecule has 86 valence electrons. The lowest BCUT2D eigenvalue weighted by molar-refractivity contribution is -0.145. The fourth-order valence-electron chi connectivity index (χ4n) is 2.07. The Balaban J connectivity index is 2.23. The molecular formula is C11H15N3O2. The quantitative estimate of drug-likeness (QED) is 0.726. The normalized spacial score (nSPS) is 24.4. The first-order chi connectivity index (χ1) is 7.72. The SMILES string of the molecule is COC(=O)C1CNCC1c1ccnc(C)n1. The van der Waals surface area contributed by atoms with Crippen LogP contribution in [0.1, 0.15) is 17.4 Å². The van der Waals surface area contributed by atoms with E-state index in [0.29, 0.717) is 6.54 Å². The number of nitrogens with zero attached hydrogens (tertiary/aromatic N) is 2. The number of aromatic nitrogens is 2. The molecule has 16 heavy (non-hydrogen) atoms. The fourth-order valence-corrected chi connectivity index (χ4v) is 2.07. The molecule has 0 radical (unpaired) electrons. The van der Waals surface area contributed by atoms with E-state index in [-0.39, 0.29) is 17.8 Å². The van der Waals surface area contributed by atoms with Gasteiger partial charge in [-0.15, -0.1) is 0 Å². The maximum absolute atomic E-state index is 11.6. The number of hydrogen-bond donors (Lipinski definition) is 1. The van der Waals surface area contributed by atoms with E-state index in [1.165, 1.54) is 7.11 Å². The molecule has 2 unspecified atom stereocenters. The van der Waals surface area contributed by atoms with Gasteiger partial charge in [-0.25, -0.2) is 9.97 Å². The molecule has 1 aliphatic heterocycles. The van der Waals surface area contributed by atoms with Crippen molar-refractivity contribution in [1.29, 1.82) is 0 Å². The summed E-state index contributed by atoms with van der Waals surface area (Å²) in [5, 5.41) is 3.19. The number of esters is 1. The van der Waals surface area contributed by atoms with Gasteiger partial charge < -0.3 is 10.1 Å². The number of carbonyl (C=O) groups is 1. The smallest absolute Gasteiger partial charge is 0.310 e. The summed E-state index contributed by atoms with van der Waals surface area (Å²) in [5.74, 6) is 0.507. The Morgan fingerprint density at radius 1 is 1.56 bits per heavy atom. The van der Waals surface area contributed by atoms with Gasteiger partial charge in [-0.1, -0.05) is 0 Å². The van der Waals surface area contributed by atoms with Crippen LogP contribution in [0.2, 0.25) is 0 Å². The molecule has 0 bridgehead atoms. The van der Waals surface area contributed by atoms with Crippen LogP contribution in [0.4, 0.5) is 0 Å². The van der Waals surface area contributed by atoms with Crippen LogP contribution in [0.3, 0.4) is 0 Å². The molecule has 2 heterocycles. The molecule has 1 N–H and O–H groups in total. The van der Waals surface area contributed by atoms with Crippen molar-refractivity contribution >= 4 is 5.97 Å². The number of carbonyl (C=O) groups excluding carboxylic acids is 1. The van der Waals surface area contributed by atoms with E-state index in [9.17, 15) is 4.79 Å². The van der Waals surface area contributed by atoms with Crippen molar-refractivity contribution in [3.8, 4) is 0 Å². The van der Waals surface area contributed by atoms with Crippen LogP contribution in [0.15, 0.2) is 12.3 Å². The lowest BCUT2D eigenvalue weighted by Gasteiger charge is -2.15. The second-order valence-electron chi connectivity index (χ2n) is 3.92. The third-order valence-electron chi connectivity index (χ3n) is 2.90. The zero-order valence-electron chi connectivity index (χ0n) is 9.43. The van der Waals surface area contributed by atoms with Crippen LogP contribution in [0.5, 0.6) is 0 Å². The Kier molecular flexibility index (Phi) is 3.14. The molecule has 5 heteroatoms. The molecule has 1 aromatic rings. The Hall–Kier alpha value is -1.49. The van der Waals surface area contributed by atoms with Gasteiger partial charge in [-0.05, 0) is 13.0 Å². The van der Waals surface area contributed by atoms with Crippen molar-refractivity contribution in [1.82, 2.24) is 15.3 Å². The highest BCUT2D eigenvalue weighted by Gasteiger charge is 2.35. The van der Waals surface area contributed by atoms with Gasteiger partial charge in [0.1, 0.15) is 5.82 Å². The average Bonchev–Trinajstić information content (AvgIpc) is 2.77. The van der Waals surface area contributed by atoms with Crippen LogP contribution in [-0.4, -0.2) is 36.1 Å². The molecule has 2 rings (SSSR count). The summed E-state index contributed by atoms with van der Waals surface area (Å²) < 4.78 is 4.79. The Morgan fingerprint density at radius 2 is 2.38 bits per heavy atom. The first kappa shape index (κ1) is 11.0. The summed E-state index contributed by atoms with van der Waals surface area (Å²) >= 11 is 0. The molecule has 0 aliphatic carbocycles. The second kappa shape index (κ2) is 4.57. The molecule has 0 saturated carbocycles. The predicted molar refractivity (Wildman–Crippen MR) is 57.9 cm³/mol. The van der Waals surface area contributed by atoms with Crippen molar-refractivity contribution in [3.63, 3.8) is 0 Å². The predicted octanol–water partition coefficient (Wildman–Crippen LogP) is 0.261. The number of methoxy groups -OCH3 is 1. The topological polar surface area (TPSA) is 64.1 Å². The molecule has 0 aromatic carbocycles. The number of nitrogens with one attached hydrogen (secondary N) is 1. The molecule has 0 spiro atoms. The van der Waals surface area contributed by atoms with E-state index < -0.39 is 0 Å². The molecule has 2 atom stereocenters. The zero-order valence-corrected chi connectivity index (χ0v) is 9.43. The summed E-state index contributed by atoms with van der Waals surface area (Å²) in [5.41, 5.74) is 0.910. The first-order valence-corrected chi connectivity index (χ1v) is 5.30. The molecule has 0 amide bonds. The van der Waals surface area contributed by atoms with Gasteiger partial charge in [-0.3, -0.25) is 4.79 Å². The first-order valence-electron chi connectivity index (χ1n) is 5.30. The largest absolute Gasteiger partial charge is 0.469 e. The number of ether oxygens (including phenoxy) is 1. The van der Waals surface area contributed by atoms with Crippen molar-refractivity contribution in [2.75, 3.05) is 20.2 Å². The maximum atomic E-state index is 11.6. The maximum Gasteiger partial charge on any atom is 0.310 e. The minimum atomic E-state index is -0.175. The average molecular weight is 221 g/mol. The highest BCUT2D eigenvalue weighted by atomic mass is 16.5. The highest BCUT2D eigenvalue weighted by molar-refractivity contribution is 5.74. The van der Waals surface area contributed by atoms with Crippen molar-refractivity contribution in [2.24, 2.45) is 5.92 Å². The van der Waals surface area contributed by atoms with Crippen LogP contribution in [-0.2, 0) is 9.53 Å². The summed E-state index contributed by atoms with van der Waals surface area (Å²) in [6.07, 6.45) is 1.73. The Morgan fingerprint density at radius 3 is 3.06 bits per heavy atom. The summed E-state index contributed by atoms with van der Waals surface area (Å²) in [7, 11) is 1.42. The second-order valence-corrected chi connectivity index (χ2v) is 3.92. The van der Waals surface area contributed by atoms with E-state index in [1.807, 2.05) is 13.0 Å². The molecule has 1 fully saturated rings. The fraction of sp³-hybridized carbons (Fsp3) is 0.545. The molecular weight excluding hydrogens is 206 g/mol. The third kappa shape index (κ3) is 2.04. The van der Waals surface area contributed by atoms with E-state index in [1.54, 1.807) is 6.20 Å². The van der Waals surface area contributed by atoms with E-state index in [0.717, 1.165) is 18.1 Å². The third-order valence-corrected chi connectivity index (χ3v) is 2.90. The van der Waals surface area contributed by atoms with Crippen molar-refractivity contribution in [3.05, 3.63) is 23.8 Å². The number of rotatable bonds is 2. The molecule has 5 nitrogen and oxygen atoms in total. The van der Waals surface area contributed by atoms with Crippen molar-refractivity contribution in [2.45, 2.75) is 12.8 Å². The Bertz CT molecular complexity index is 395. The van der Waals surface area contributed by atoms with Gasteiger partial charge in [0.25, 0.3) is 0 Å². The minimum Gasteiger partial charge on any atom is -0.469 e. The van der Waals surface area contributed by atoms with E-state index >= 15 is 0 Å². The lowest BCUT2D eigenvalue weighted by atomic mass is 9.93. The number of hydrogen-bond acceptors (Lipinski definition) is 5. The summed E-state index contributed by atoms with van der Waals surface area (Å²) in [6.45, 7) is 3.26. The summed E-state index contributed by atoms with van der Waals surface area (Å²) in [4.78, 5) is 20.0. The van der Waals surface area contributed by atoms with Crippen LogP contribution in [0, 0.1) is 12.8 Å².